The number of imidazole rings is 1. The van der Waals surface area contributed by atoms with Gasteiger partial charge in [-0.25, -0.2) is 4.98 Å². The molecule has 0 saturated heterocycles. The van der Waals surface area contributed by atoms with Gasteiger partial charge in [-0.15, -0.1) is 15.0 Å². The Morgan fingerprint density at radius 2 is 1.41 bits per heavy atom. The van der Waals surface area contributed by atoms with Gasteiger partial charge < -0.3 is 4.57 Å². The number of aromatic nitrogens is 6. The smallest absolute Gasteiger partial charge is 0.182 e. The second-order valence-electron chi connectivity index (χ2n) is 13.0. The molecule has 0 amide bonds. The Bertz CT molecular complexity index is 1870. The van der Waals surface area contributed by atoms with Crippen molar-refractivity contribution >= 4 is 17.9 Å². The highest BCUT2D eigenvalue weighted by Gasteiger charge is 2.42. The topological polar surface area (TPSA) is 78.5 Å². The first-order valence-electron chi connectivity index (χ1n) is 17.4. The van der Waals surface area contributed by atoms with E-state index in [-0.39, 0.29) is 11.1 Å². The molecular formula is C41H41ClN6O. The number of tetrazole rings is 1. The van der Waals surface area contributed by atoms with Gasteiger partial charge >= 0.3 is 0 Å². The molecule has 49 heavy (non-hydrogen) atoms. The lowest BCUT2D eigenvalue weighted by molar-refractivity contribution is 0.111. The van der Waals surface area contributed by atoms with Crippen molar-refractivity contribution in [2.75, 3.05) is 0 Å². The maximum absolute atomic E-state index is 11.9. The van der Waals surface area contributed by atoms with Gasteiger partial charge in [-0.3, -0.25) is 4.79 Å². The van der Waals surface area contributed by atoms with Crippen LogP contribution in [0, 0.1) is 5.92 Å². The van der Waals surface area contributed by atoms with E-state index < -0.39 is 5.54 Å². The van der Waals surface area contributed by atoms with Gasteiger partial charge in [-0.2, -0.15) is 0 Å². The largest absolute Gasteiger partial charge is 0.320 e. The number of benzene rings is 4. The summed E-state index contributed by atoms with van der Waals surface area (Å²) in [6.07, 6.45) is 8.27. The summed E-state index contributed by atoms with van der Waals surface area (Å²) in [5.41, 5.74) is 5.04. The van der Waals surface area contributed by atoms with E-state index >= 15 is 0 Å². The highest BCUT2D eigenvalue weighted by Crippen LogP contribution is 2.43. The molecule has 7 rings (SSSR count). The van der Waals surface area contributed by atoms with Crippen molar-refractivity contribution in [1.29, 1.82) is 0 Å². The van der Waals surface area contributed by atoms with Gasteiger partial charge in [-0.1, -0.05) is 153 Å². The van der Waals surface area contributed by atoms with Crippen LogP contribution in [-0.4, -0.2) is 36.0 Å². The minimum Gasteiger partial charge on any atom is -0.320 e. The summed E-state index contributed by atoms with van der Waals surface area (Å²) in [5, 5.41) is 15.3. The van der Waals surface area contributed by atoms with Gasteiger partial charge in [-0.05, 0) is 58.2 Å². The third-order valence-electron chi connectivity index (χ3n) is 10.0. The fraction of sp³-hybridized carbons (Fsp3) is 0.293. The highest BCUT2D eigenvalue weighted by atomic mass is 35.5. The van der Waals surface area contributed by atoms with Crippen molar-refractivity contribution in [3.8, 4) is 0 Å². The maximum atomic E-state index is 11.9. The molecule has 4 aromatic carbocycles. The summed E-state index contributed by atoms with van der Waals surface area (Å²) in [6, 6.07) is 40.1. The van der Waals surface area contributed by atoms with E-state index in [0.29, 0.717) is 18.2 Å². The van der Waals surface area contributed by atoms with Gasteiger partial charge in [0, 0.05) is 13.0 Å². The van der Waals surface area contributed by atoms with Gasteiger partial charge in [0.05, 0.1) is 5.92 Å². The number of unbranched alkanes of at least 4 members (excludes halogenated alkanes) is 1. The lowest BCUT2D eigenvalue weighted by Gasteiger charge is -2.34. The van der Waals surface area contributed by atoms with Crippen molar-refractivity contribution in [1.82, 2.24) is 29.8 Å². The molecule has 1 atom stereocenters. The monoisotopic (exact) mass is 668 g/mol. The van der Waals surface area contributed by atoms with Gasteiger partial charge in [0.15, 0.2) is 22.8 Å². The van der Waals surface area contributed by atoms with Crippen LogP contribution < -0.4 is 0 Å². The van der Waals surface area contributed by atoms with Crippen LogP contribution in [0.25, 0.3) is 0 Å². The SMILES string of the molecule is CCCCc1nc(Cl)c(C=O)n1Cc1ccc(C(c2nnn(C(c3ccccc3)(c3ccccc3)c3ccccc3)n2)C2CCCC2)cc1. The minimum atomic E-state index is -0.822. The van der Waals surface area contributed by atoms with E-state index in [9.17, 15) is 4.79 Å². The average Bonchev–Trinajstić information content (AvgIpc) is 3.92. The number of rotatable bonds is 13. The van der Waals surface area contributed by atoms with Crippen LogP contribution in [-0.2, 0) is 18.5 Å². The van der Waals surface area contributed by atoms with E-state index in [0.717, 1.165) is 72.3 Å². The minimum absolute atomic E-state index is 0.00124. The van der Waals surface area contributed by atoms with Crippen molar-refractivity contribution in [2.24, 2.45) is 5.92 Å². The molecule has 0 N–H and O–H groups in total. The molecule has 1 fully saturated rings. The second kappa shape index (κ2) is 14.7. The second-order valence-corrected chi connectivity index (χ2v) is 13.4. The number of hydrogen-bond acceptors (Lipinski definition) is 5. The van der Waals surface area contributed by atoms with Crippen LogP contribution in [0.15, 0.2) is 115 Å². The molecule has 0 radical (unpaired) electrons. The number of carbonyl (C=O) groups is 1. The maximum Gasteiger partial charge on any atom is 0.182 e. The van der Waals surface area contributed by atoms with E-state index in [1.807, 2.05) is 27.6 Å². The van der Waals surface area contributed by atoms with Crippen LogP contribution in [0.2, 0.25) is 5.15 Å². The number of carbonyl (C=O) groups excluding carboxylic acids is 1. The Kier molecular flexibility index (Phi) is 9.80. The summed E-state index contributed by atoms with van der Waals surface area (Å²) in [5.74, 6) is 2.00. The number of halogens is 1. The van der Waals surface area contributed by atoms with Crippen LogP contribution in [0.3, 0.4) is 0 Å². The number of hydrogen-bond donors (Lipinski definition) is 0. The first kappa shape index (κ1) is 32.7. The van der Waals surface area contributed by atoms with Crippen molar-refractivity contribution in [3.05, 3.63) is 166 Å². The summed E-state index contributed by atoms with van der Waals surface area (Å²) >= 11 is 6.37. The van der Waals surface area contributed by atoms with Crippen LogP contribution in [0.5, 0.6) is 0 Å². The third-order valence-corrected chi connectivity index (χ3v) is 10.3. The first-order valence-corrected chi connectivity index (χ1v) is 17.8. The molecule has 7 nitrogen and oxygen atoms in total. The summed E-state index contributed by atoms with van der Waals surface area (Å²) < 4.78 is 1.96. The molecule has 2 heterocycles. The zero-order valence-corrected chi connectivity index (χ0v) is 28.6. The Hall–Kier alpha value is -4.88. The summed E-state index contributed by atoms with van der Waals surface area (Å²) in [6.45, 7) is 2.68. The zero-order chi connectivity index (χ0) is 33.6. The lowest BCUT2D eigenvalue weighted by Crippen LogP contribution is -2.39. The molecule has 1 aliphatic carbocycles. The Morgan fingerprint density at radius 1 is 0.837 bits per heavy atom. The van der Waals surface area contributed by atoms with Gasteiger partial charge in [0.1, 0.15) is 11.5 Å². The Balaban J connectivity index is 1.29. The van der Waals surface area contributed by atoms with E-state index in [2.05, 4.69) is 109 Å². The predicted molar refractivity (Wildman–Crippen MR) is 193 cm³/mol. The number of aldehydes is 1. The molecule has 1 unspecified atom stereocenters. The molecule has 1 saturated carbocycles. The van der Waals surface area contributed by atoms with E-state index in [1.165, 1.54) is 18.4 Å². The normalized spacial score (nSPS) is 14.2. The molecule has 0 aliphatic heterocycles. The fourth-order valence-electron chi connectivity index (χ4n) is 7.61. The first-order chi connectivity index (χ1) is 24.1. The number of aryl methyl sites for hydroxylation is 1. The molecule has 248 valence electrons. The third kappa shape index (κ3) is 6.35. The van der Waals surface area contributed by atoms with E-state index in [1.54, 1.807) is 0 Å². The molecular weight excluding hydrogens is 628 g/mol. The average molecular weight is 669 g/mol. The molecule has 8 heteroatoms. The molecule has 0 spiro atoms. The van der Waals surface area contributed by atoms with Crippen LogP contribution in [0.1, 0.15) is 101 Å². The van der Waals surface area contributed by atoms with E-state index in [4.69, 9.17) is 27.0 Å². The molecule has 1 aliphatic rings. The predicted octanol–water partition coefficient (Wildman–Crippen LogP) is 8.89. The molecule has 0 bridgehead atoms. The van der Waals surface area contributed by atoms with Gasteiger partial charge in [0.2, 0.25) is 0 Å². The lowest BCUT2D eigenvalue weighted by atomic mass is 9.77. The number of nitrogens with zero attached hydrogens (tertiary/aromatic N) is 6. The molecule has 2 aromatic heterocycles. The van der Waals surface area contributed by atoms with Crippen molar-refractivity contribution in [3.63, 3.8) is 0 Å². The summed E-state index contributed by atoms with van der Waals surface area (Å²) in [4.78, 5) is 18.3. The Labute approximate surface area is 293 Å². The zero-order valence-electron chi connectivity index (χ0n) is 27.8. The van der Waals surface area contributed by atoms with Crippen molar-refractivity contribution in [2.45, 2.75) is 69.9 Å². The quantitative estimate of drug-likeness (QED) is 0.0907. The Morgan fingerprint density at radius 3 is 1.94 bits per heavy atom. The van der Waals surface area contributed by atoms with Gasteiger partial charge in [0.25, 0.3) is 0 Å². The fourth-order valence-corrected chi connectivity index (χ4v) is 7.85. The highest BCUT2D eigenvalue weighted by molar-refractivity contribution is 6.31. The summed E-state index contributed by atoms with van der Waals surface area (Å²) in [7, 11) is 0. The van der Waals surface area contributed by atoms with Crippen LogP contribution >= 0.6 is 11.6 Å². The standard InChI is InChI=1S/C41H41ClN6O/c1-2-3-23-37-43-39(42)36(29-49)47(37)28-30-24-26-32(27-25-30)38(31-15-13-14-16-31)40-44-46-48(45-40)41(33-17-7-4-8-18-33,34-19-9-5-10-20-34)35-21-11-6-12-22-35/h4-12,17-22,24-27,29,31,38H,2-3,13-16,23,28H2,1H3. The molecule has 6 aromatic rings. The van der Waals surface area contributed by atoms with Crippen molar-refractivity contribution < 1.29 is 4.79 Å². The van der Waals surface area contributed by atoms with Crippen LogP contribution in [0.4, 0.5) is 0 Å².